The molecule has 2 aliphatic heterocycles. The van der Waals surface area contributed by atoms with Gasteiger partial charge in [-0.05, 0) is 49.9 Å². The minimum atomic E-state index is 0.00231. The molecule has 0 saturated carbocycles. The lowest BCUT2D eigenvalue weighted by atomic mass is 10.1. The number of carbonyl (C=O) groups excluding carboxylic acids is 1. The van der Waals surface area contributed by atoms with Crippen LogP contribution in [0.25, 0.3) is 0 Å². The molecule has 6 nitrogen and oxygen atoms in total. The Morgan fingerprint density at radius 1 is 1.08 bits per heavy atom. The zero-order valence-electron chi connectivity index (χ0n) is 14.2. The average Bonchev–Trinajstić information content (AvgIpc) is 3.22. The monoisotopic (exact) mass is 335 g/mol. The fourth-order valence-corrected chi connectivity index (χ4v) is 3.89. The number of aryl methyl sites for hydroxylation is 1. The number of carbonyl (C=O) groups is 1. The van der Waals surface area contributed by atoms with Crippen LogP contribution in [0.3, 0.4) is 0 Å². The maximum Gasteiger partial charge on any atom is 0.254 e. The van der Waals surface area contributed by atoms with E-state index in [9.17, 15) is 4.79 Å². The lowest BCUT2D eigenvalue weighted by Gasteiger charge is -2.24. The van der Waals surface area contributed by atoms with Crippen LogP contribution < -0.4 is 0 Å². The number of aromatic nitrogens is 3. The standard InChI is InChI=1S/C19H21N5O/c20-13-14-7-9-15(10-8-14)19(25)23-12-4-5-16(23)18-22-21-17-6-2-1-3-11-24(17)18/h7-10,16H,1-6,11-12H2/t16-/m1/s1. The number of likely N-dealkylation sites (tertiary alicyclic amines) is 1. The van der Waals surface area contributed by atoms with Crippen molar-refractivity contribution in [2.75, 3.05) is 6.54 Å². The van der Waals surface area contributed by atoms with E-state index in [1.54, 1.807) is 24.3 Å². The van der Waals surface area contributed by atoms with Crippen LogP contribution in [0.15, 0.2) is 24.3 Å². The number of benzene rings is 1. The summed E-state index contributed by atoms with van der Waals surface area (Å²) in [4.78, 5) is 14.9. The van der Waals surface area contributed by atoms with Crippen LogP contribution in [0, 0.1) is 11.3 Å². The summed E-state index contributed by atoms with van der Waals surface area (Å²) in [5.74, 6) is 2.01. The van der Waals surface area contributed by atoms with Crippen molar-refractivity contribution in [3.8, 4) is 6.07 Å². The largest absolute Gasteiger partial charge is 0.328 e. The molecule has 1 atom stereocenters. The fraction of sp³-hybridized carbons (Fsp3) is 0.474. The molecule has 4 rings (SSSR count). The molecule has 1 amide bonds. The van der Waals surface area contributed by atoms with Crippen LogP contribution in [-0.2, 0) is 13.0 Å². The van der Waals surface area contributed by atoms with Gasteiger partial charge >= 0.3 is 0 Å². The normalized spacial score (nSPS) is 20.0. The van der Waals surface area contributed by atoms with Crippen LogP contribution in [0.5, 0.6) is 0 Å². The third-order valence-electron chi connectivity index (χ3n) is 5.21. The Morgan fingerprint density at radius 2 is 1.92 bits per heavy atom. The minimum Gasteiger partial charge on any atom is -0.328 e. The lowest BCUT2D eigenvalue weighted by molar-refractivity contribution is 0.0727. The van der Waals surface area contributed by atoms with E-state index < -0.39 is 0 Å². The second kappa shape index (κ2) is 6.67. The van der Waals surface area contributed by atoms with Crippen molar-refractivity contribution in [1.82, 2.24) is 19.7 Å². The van der Waals surface area contributed by atoms with Crippen LogP contribution in [-0.4, -0.2) is 32.1 Å². The SMILES string of the molecule is N#Cc1ccc(C(=O)N2CCC[C@@H]2c2nnc3n2CCCCC3)cc1. The van der Waals surface area contributed by atoms with E-state index >= 15 is 0 Å². The topological polar surface area (TPSA) is 74.8 Å². The van der Waals surface area contributed by atoms with E-state index in [1.165, 1.54) is 6.42 Å². The number of hydrogen-bond acceptors (Lipinski definition) is 4. The first-order valence-electron chi connectivity index (χ1n) is 9.01. The quantitative estimate of drug-likeness (QED) is 0.846. The van der Waals surface area contributed by atoms with Crippen LogP contribution in [0.4, 0.5) is 0 Å². The zero-order chi connectivity index (χ0) is 17.2. The first-order valence-corrected chi connectivity index (χ1v) is 9.01. The average molecular weight is 335 g/mol. The van der Waals surface area contributed by atoms with Gasteiger partial charge in [0, 0.05) is 25.1 Å². The Labute approximate surface area is 147 Å². The molecule has 2 aromatic rings. The second-order valence-electron chi connectivity index (χ2n) is 6.78. The molecule has 0 spiro atoms. The summed E-state index contributed by atoms with van der Waals surface area (Å²) in [5.41, 5.74) is 1.19. The highest BCUT2D eigenvalue weighted by atomic mass is 16.2. The molecular weight excluding hydrogens is 314 g/mol. The van der Waals surface area contributed by atoms with Crippen LogP contribution in [0.2, 0.25) is 0 Å². The molecule has 6 heteroatoms. The molecular formula is C19H21N5O. The molecule has 3 heterocycles. The number of fused-ring (bicyclic) bond motifs is 1. The molecule has 0 radical (unpaired) electrons. The number of nitriles is 1. The van der Waals surface area contributed by atoms with Gasteiger partial charge < -0.3 is 9.47 Å². The molecule has 1 fully saturated rings. The Bertz CT molecular complexity index is 817. The Balaban J connectivity index is 1.61. The van der Waals surface area contributed by atoms with Crippen molar-refractivity contribution in [2.45, 2.75) is 51.1 Å². The van der Waals surface area contributed by atoms with E-state index in [-0.39, 0.29) is 11.9 Å². The molecule has 1 saturated heterocycles. The predicted octanol–water partition coefficient (Wildman–Crippen LogP) is 2.85. The summed E-state index contributed by atoms with van der Waals surface area (Å²) in [5, 5.41) is 17.8. The molecule has 0 N–H and O–H groups in total. The van der Waals surface area contributed by atoms with Gasteiger partial charge in [-0.2, -0.15) is 5.26 Å². The second-order valence-corrected chi connectivity index (χ2v) is 6.78. The summed E-state index contributed by atoms with van der Waals surface area (Å²) in [6.07, 6.45) is 6.42. The van der Waals surface area contributed by atoms with Gasteiger partial charge in [-0.1, -0.05) is 6.42 Å². The summed E-state index contributed by atoms with van der Waals surface area (Å²) in [6, 6.07) is 8.95. The Morgan fingerprint density at radius 3 is 2.72 bits per heavy atom. The maximum atomic E-state index is 13.0. The molecule has 2 aliphatic rings. The van der Waals surface area contributed by atoms with E-state index in [0.29, 0.717) is 11.1 Å². The first-order chi connectivity index (χ1) is 12.3. The van der Waals surface area contributed by atoms with Gasteiger partial charge in [0.15, 0.2) is 5.82 Å². The predicted molar refractivity (Wildman–Crippen MR) is 91.7 cm³/mol. The third-order valence-corrected chi connectivity index (χ3v) is 5.21. The summed E-state index contributed by atoms with van der Waals surface area (Å²) >= 11 is 0. The minimum absolute atomic E-state index is 0.00231. The van der Waals surface area contributed by atoms with Gasteiger partial charge in [-0.15, -0.1) is 10.2 Å². The molecule has 1 aromatic carbocycles. The van der Waals surface area contributed by atoms with Gasteiger partial charge in [0.05, 0.1) is 17.7 Å². The first kappa shape index (κ1) is 15.8. The van der Waals surface area contributed by atoms with Crippen molar-refractivity contribution in [1.29, 1.82) is 5.26 Å². The number of amides is 1. The van der Waals surface area contributed by atoms with Gasteiger partial charge in [0.25, 0.3) is 5.91 Å². The summed E-state index contributed by atoms with van der Waals surface area (Å²) in [7, 11) is 0. The van der Waals surface area contributed by atoms with Gasteiger partial charge in [0.1, 0.15) is 5.82 Å². The summed E-state index contributed by atoms with van der Waals surface area (Å²) < 4.78 is 2.24. The van der Waals surface area contributed by atoms with Crippen molar-refractivity contribution in [3.63, 3.8) is 0 Å². The highest BCUT2D eigenvalue weighted by molar-refractivity contribution is 5.94. The number of hydrogen-bond donors (Lipinski definition) is 0. The molecule has 0 unspecified atom stereocenters. The molecule has 0 bridgehead atoms. The van der Waals surface area contributed by atoms with E-state index in [2.05, 4.69) is 20.8 Å². The third kappa shape index (κ3) is 2.91. The number of nitrogens with zero attached hydrogens (tertiary/aromatic N) is 5. The van der Waals surface area contributed by atoms with Crippen LogP contribution in [0.1, 0.15) is 65.7 Å². The van der Waals surface area contributed by atoms with E-state index in [1.807, 2.05) is 4.90 Å². The molecule has 128 valence electrons. The van der Waals surface area contributed by atoms with Crippen molar-refractivity contribution in [2.24, 2.45) is 0 Å². The van der Waals surface area contributed by atoms with Crippen molar-refractivity contribution in [3.05, 3.63) is 47.0 Å². The lowest BCUT2D eigenvalue weighted by Crippen LogP contribution is -2.32. The molecule has 0 aliphatic carbocycles. The highest BCUT2D eigenvalue weighted by Crippen LogP contribution is 2.33. The van der Waals surface area contributed by atoms with Crippen molar-refractivity contribution < 1.29 is 4.79 Å². The zero-order valence-corrected chi connectivity index (χ0v) is 14.2. The Kier molecular flexibility index (Phi) is 4.22. The Hall–Kier alpha value is -2.68. The van der Waals surface area contributed by atoms with Crippen LogP contribution >= 0.6 is 0 Å². The van der Waals surface area contributed by atoms with E-state index in [4.69, 9.17) is 5.26 Å². The van der Waals surface area contributed by atoms with E-state index in [0.717, 1.165) is 56.8 Å². The molecule has 25 heavy (non-hydrogen) atoms. The fourth-order valence-electron chi connectivity index (χ4n) is 3.89. The molecule has 1 aromatic heterocycles. The van der Waals surface area contributed by atoms with Crippen molar-refractivity contribution >= 4 is 5.91 Å². The number of rotatable bonds is 2. The van der Waals surface area contributed by atoms with Gasteiger partial charge in [-0.25, -0.2) is 0 Å². The van der Waals surface area contributed by atoms with Gasteiger partial charge in [-0.3, -0.25) is 4.79 Å². The summed E-state index contributed by atoms with van der Waals surface area (Å²) in [6.45, 7) is 1.69. The highest BCUT2D eigenvalue weighted by Gasteiger charge is 2.34. The maximum absolute atomic E-state index is 13.0. The van der Waals surface area contributed by atoms with Gasteiger partial charge in [0.2, 0.25) is 0 Å². The smallest absolute Gasteiger partial charge is 0.254 e.